The zero-order valence-corrected chi connectivity index (χ0v) is 12.7. The molecule has 0 unspecified atom stereocenters. The van der Waals surface area contributed by atoms with Crippen LogP contribution in [0.1, 0.15) is 5.69 Å². The quantitative estimate of drug-likeness (QED) is 0.887. The number of hydrogen-bond acceptors (Lipinski definition) is 5. The van der Waals surface area contributed by atoms with Crippen LogP contribution in [-0.2, 0) is 11.2 Å². The average Bonchev–Trinajstić information content (AvgIpc) is 3.05. The topological polar surface area (TPSA) is 45.2 Å². The van der Waals surface area contributed by atoms with Crippen LogP contribution in [0.2, 0.25) is 0 Å². The van der Waals surface area contributed by atoms with E-state index in [2.05, 4.69) is 10.3 Å². The predicted octanol–water partition coefficient (Wildman–Crippen LogP) is 2.09. The lowest BCUT2D eigenvalue weighted by Crippen LogP contribution is -2.33. The van der Waals surface area contributed by atoms with Crippen LogP contribution >= 0.6 is 22.7 Å². The van der Waals surface area contributed by atoms with Crippen molar-refractivity contribution in [3.8, 4) is 9.88 Å². The maximum Gasteiger partial charge on any atom is 0.228 e. The highest BCUT2D eigenvalue weighted by molar-refractivity contribution is 7.20. The van der Waals surface area contributed by atoms with Gasteiger partial charge in [-0.15, -0.1) is 22.7 Å². The van der Waals surface area contributed by atoms with Gasteiger partial charge in [0.25, 0.3) is 0 Å². The summed E-state index contributed by atoms with van der Waals surface area (Å²) < 4.78 is 0. The van der Waals surface area contributed by atoms with E-state index in [1.54, 1.807) is 27.6 Å². The van der Waals surface area contributed by atoms with Gasteiger partial charge >= 0.3 is 0 Å². The van der Waals surface area contributed by atoms with Crippen molar-refractivity contribution in [1.82, 2.24) is 15.2 Å². The van der Waals surface area contributed by atoms with E-state index in [0.29, 0.717) is 6.42 Å². The van der Waals surface area contributed by atoms with Crippen LogP contribution < -0.4 is 5.32 Å². The Kier molecular flexibility index (Phi) is 5.07. The number of nitrogens with one attached hydrogen (secondary N) is 1. The van der Waals surface area contributed by atoms with Crippen molar-refractivity contribution in [3.63, 3.8) is 0 Å². The van der Waals surface area contributed by atoms with Crippen molar-refractivity contribution < 1.29 is 4.79 Å². The average molecular weight is 295 g/mol. The summed E-state index contributed by atoms with van der Waals surface area (Å²) >= 11 is 3.27. The van der Waals surface area contributed by atoms with Gasteiger partial charge in [-0.2, -0.15) is 0 Å². The Balaban J connectivity index is 1.94. The van der Waals surface area contributed by atoms with Gasteiger partial charge in [0.1, 0.15) is 5.01 Å². The third-order valence-electron chi connectivity index (χ3n) is 2.74. The van der Waals surface area contributed by atoms with E-state index in [9.17, 15) is 4.79 Å². The van der Waals surface area contributed by atoms with E-state index in [1.807, 2.05) is 37.0 Å². The molecule has 1 N–H and O–H groups in total. The third kappa shape index (κ3) is 3.86. The van der Waals surface area contributed by atoms with Crippen molar-refractivity contribution in [2.24, 2.45) is 0 Å². The number of carbonyl (C=O) groups excluding carboxylic acids is 1. The summed E-state index contributed by atoms with van der Waals surface area (Å²) in [5.41, 5.74) is 0.856. The van der Waals surface area contributed by atoms with Crippen LogP contribution in [0.3, 0.4) is 0 Å². The van der Waals surface area contributed by atoms with Gasteiger partial charge in [0, 0.05) is 25.5 Å². The van der Waals surface area contributed by atoms with Crippen molar-refractivity contribution in [2.75, 3.05) is 27.2 Å². The molecule has 4 nitrogen and oxygen atoms in total. The number of thiophene rings is 1. The molecule has 0 aliphatic heterocycles. The summed E-state index contributed by atoms with van der Waals surface area (Å²) in [6.07, 6.45) is 0.377. The Morgan fingerprint density at radius 1 is 1.47 bits per heavy atom. The maximum absolute atomic E-state index is 12.0. The largest absolute Gasteiger partial charge is 0.344 e. The van der Waals surface area contributed by atoms with E-state index in [1.165, 1.54) is 0 Å². The molecule has 2 heterocycles. The van der Waals surface area contributed by atoms with E-state index < -0.39 is 0 Å². The van der Waals surface area contributed by atoms with Gasteiger partial charge in [-0.3, -0.25) is 4.79 Å². The van der Waals surface area contributed by atoms with Gasteiger partial charge in [0.2, 0.25) is 5.91 Å². The maximum atomic E-state index is 12.0. The zero-order chi connectivity index (χ0) is 13.7. The Hall–Kier alpha value is -1.24. The van der Waals surface area contributed by atoms with E-state index in [4.69, 9.17) is 0 Å². The molecule has 0 aromatic carbocycles. The van der Waals surface area contributed by atoms with Crippen LogP contribution in [0, 0.1) is 0 Å². The first-order chi connectivity index (χ1) is 9.20. The molecule has 0 radical (unpaired) electrons. The molecular weight excluding hydrogens is 278 g/mol. The van der Waals surface area contributed by atoms with Crippen LogP contribution in [-0.4, -0.2) is 43.0 Å². The fourth-order valence-corrected chi connectivity index (χ4v) is 3.23. The number of hydrogen-bond donors (Lipinski definition) is 1. The molecule has 0 fully saturated rings. The monoisotopic (exact) mass is 295 g/mol. The van der Waals surface area contributed by atoms with E-state index >= 15 is 0 Å². The first-order valence-electron chi connectivity index (χ1n) is 6.07. The van der Waals surface area contributed by atoms with Gasteiger partial charge in [0.05, 0.1) is 17.0 Å². The highest BCUT2D eigenvalue weighted by Crippen LogP contribution is 2.27. The summed E-state index contributed by atoms with van der Waals surface area (Å²) in [5, 5.41) is 8.04. The number of nitrogens with zero attached hydrogens (tertiary/aromatic N) is 2. The van der Waals surface area contributed by atoms with E-state index in [-0.39, 0.29) is 5.91 Å². The summed E-state index contributed by atoms with van der Waals surface area (Å²) in [5.74, 6) is 0.110. The SMILES string of the molecule is CNCCN(C)C(=O)Cc1csc(-c2cccs2)n1. The highest BCUT2D eigenvalue weighted by Gasteiger charge is 2.12. The normalized spacial score (nSPS) is 10.6. The zero-order valence-electron chi connectivity index (χ0n) is 11.0. The molecule has 0 aliphatic carbocycles. The number of amides is 1. The Bertz CT molecular complexity index is 522. The van der Waals surface area contributed by atoms with Gasteiger partial charge in [0.15, 0.2) is 0 Å². The molecule has 1 amide bonds. The van der Waals surface area contributed by atoms with E-state index in [0.717, 1.165) is 28.7 Å². The molecule has 2 aromatic heterocycles. The van der Waals surface area contributed by atoms with Crippen LogP contribution in [0.5, 0.6) is 0 Å². The van der Waals surface area contributed by atoms with Crippen LogP contribution in [0.4, 0.5) is 0 Å². The highest BCUT2D eigenvalue weighted by atomic mass is 32.1. The molecule has 0 spiro atoms. The number of aromatic nitrogens is 1. The summed E-state index contributed by atoms with van der Waals surface area (Å²) in [6, 6.07) is 4.06. The minimum absolute atomic E-state index is 0.110. The van der Waals surface area contributed by atoms with Gasteiger partial charge in [-0.05, 0) is 18.5 Å². The van der Waals surface area contributed by atoms with Crippen molar-refractivity contribution in [1.29, 1.82) is 0 Å². The molecule has 102 valence electrons. The molecule has 0 aliphatic rings. The van der Waals surface area contributed by atoms with Crippen molar-refractivity contribution in [3.05, 3.63) is 28.6 Å². The fourth-order valence-electron chi connectivity index (χ4n) is 1.60. The minimum Gasteiger partial charge on any atom is -0.344 e. The Morgan fingerprint density at radius 2 is 2.32 bits per heavy atom. The molecule has 2 aromatic rings. The lowest BCUT2D eigenvalue weighted by Gasteiger charge is -2.15. The summed E-state index contributed by atoms with van der Waals surface area (Å²) in [7, 11) is 3.71. The standard InChI is InChI=1S/C13H17N3OS2/c1-14-5-6-16(2)12(17)8-10-9-19-13(15-10)11-4-3-7-18-11/h3-4,7,9,14H,5-6,8H2,1-2H3. The molecule has 0 atom stereocenters. The molecule has 0 saturated carbocycles. The Morgan fingerprint density at radius 3 is 3.00 bits per heavy atom. The number of rotatable bonds is 6. The van der Waals surface area contributed by atoms with Crippen molar-refractivity contribution >= 4 is 28.6 Å². The predicted molar refractivity (Wildman–Crippen MR) is 80.7 cm³/mol. The second-order valence-electron chi connectivity index (χ2n) is 4.22. The molecular formula is C13H17N3OS2. The van der Waals surface area contributed by atoms with Gasteiger partial charge in [-0.25, -0.2) is 4.98 Å². The number of carbonyl (C=O) groups is 1. The second kappa shape index (κ2) is 6.79. The second-order valence-corrected chi connectivity index (χ2v) is 6.02. The van der Waals surface area contributed by atoms with Crippen LogP contribution in [0.15, 0.2) is 22.9 Å². The number of thiazole rings is 1. The third-order valence-corrected chi connectivity index (χ3v) is 4.67. The van der Waals surface area contributed by atoms with Gasteiger partial charge in [-0.1, -0.05) is 6.07 Å². The summed E-state index contributed by atoms with van der Waals surface area (Å²) in [6.45, 7) is 1.52. The lowest BCUT2D eigenvalue weighted by molar-refractivity contribution is -0.129. The molecule has 0 saturated heterocycles. The first-order valence-corrected chi connectivity index (χ1v) is 7.83. The smallest absolute Gasteiger partial charge is 0.228 e. The number of likely N-dealkylation sites (N-methyl/N-ethyl adjacent to an activating group) is 2. The fraction of sp³-hybridized carbons (Fsp3) is 0.385. The van der Waals surface area contributed by atoms with Gasteiger partial charge < -0.3 is 10.2 Å². The minimum atomic E-state index is 0.110. The first kappa shape index (κ1) is 14.2. The van der Waals surface area contributed by atoms with Crippen LogP contribution in [0.25, 0.3) is 9.88 Å². The lowest BCUT2D eigenvalue weighted by atomic mass is 10.3. The summed E-state index contributed by atoms with van der Waals surface area (Å²) in [4.78, 5) is 19.4. The molecule has 2 rings (SSSR count). The van der Waals surface area contributed by atoms with Crippen molar-refractivity contribution in [2.45, 2.75) is 6.42 Å². The Labute approximate surface area is 121 Å². The molecule has 6 heteroatoms. The molecule has 19 heavy (non-hydrogen) atoms. The molecule has 0 bridgehead atoms.